The van der Waals surface area contributed by atoms with Gasteiger partial charge in [0.15, 0.2) is 6.61 Å². The van der Waals surface area contributed by atoms with Crippen LogP contribution in [-0.2, 0) is 14.3 Å². The molecule has 0 spiro atoms. The molecule has 1 fully saturated rings. The number of hydrogen-bond acceptors (Lipinski definition) is 5. The van der Waals surface area contributed by atoms with Crippen molar-refractivity contribution in [3.8, 4) is 5.75 Å². The van der Waals surface area contributed by atoms with E-state index in [-0.39, 0.29) is 18.4 Å². The van der Waals surface area contributed by atoms with Crippen LogP contribution in [0.15, 0.2) is 24.3 Å². The number of carbonyl (C=O) groups excluding carboxylic acids is 2. The van der Waals surface area contributed by atoms with Gasteiger partial charge in [0.2, 0.25) is 5.91 Å². The number of esters is 1. The average molecular weight is 306 g/mol. The van der Waals surface area contributed by atoms with E-state index in [1.54, 1.807) is 31.2 Å². The Morgan fingerprint density at radius 1 is 1.41 bits per heavy atom. The molecule has 2 N–H and O–H groups in total. The lowest BCUT2D eigenvalue weighted by Gasteiger charge is -2.31. The lowest BCUT2D eigenvalue weighted by atomic mass is 9.88. The first-order valence-electron chi connectivity index (χ1n) is 7.50. The van der Waals surface area contributed by atoms with Crippen molar-refractivity contribution in [2.45, 2.75) is 13.8 Å². The zero-order valence-corrected chi connectivity index (χ0v) is 12.9. The molecule has 0 aliphatic carbocycles. The molecule has 6 nitrogen and oxygen atoms in total. The summed E-state index contributed by atoms with van der Waals surface area (Å²) in [5.74, 6) is 0.453. The van der Waals surface area contributed by atoms with Gasteiger partial charge in [-0.3, -0.25) is 4.79 Å². The number of amides is 1. The number of hydrogen-bond donors (Lipinski definition) is 2. The first-order valence-corrected chi connectivity index (χ1v) is 7.50. The molecule has 1 aromatic rings. The molecule has 1 unspecified atom stereocenters. The standard InChI is InChI=1S/C16H22N2O4/c1-3-21-15(19)10-22-14-6-4-5-13(7-14)18-16(20)11(2)12-8-17-9-12/h4-7,11-12,17H,3,8-10H2,1-2H3,(H,18,20). The molecule has 1 saturated heterocycles. The maximum atomic E-state index is 12.2. The highest BCUT2D eigenvalue weighted by Crippen LogP contribution is 2.21. The molecule has 1 aromatic carbocycles. The summed E-state index contributed by atoms with van der Waals surface area (Å²) in [5, 5.41) is 6.04. The zero-order chi connectivity index (χ0) is 15.9. The Morgan fingerprint density at radius 3 is 2.82 bits per heavy atom. The van der Waals surface area contributed by atoms with Crippen LogP contribution in [0.3, 0.4) is 0 Å². The molecule has 1 atom stereocenters. The van der Waals surface area contributed by atoms with Gasteiger partial charge in [-0.1, -0.05) is 13.0 Å². The minimum atomic E-state index is -0.414. The van der Waals surface area contributed by atoms with E-state index >= 15 is 0 Å². The number of ether oxygens (including phenoxy) is 2. The fourth-order valence-corrected chi connectivity index (χ4v) is 2.14. The summed E-state index contributed by atoms with van der Waals surface area (Å²) in [6, 6.07) is 6.99. The third kappa shape index (κ3) is 4.46. The van der Waals surface area contributed by atoms with Gasteiger partial charge >= 0.3 is 5.97 Å². The van der Waals surface area contributed by atoms with Crippen molar-refractivity contribution in [1.29, 1.82) is 0 Å². The number of benzene rings is 1. The predicted molar refractivity (Wildman–Crippen MR) is 82.7 cm³/mol. The fourth-order valence-electron chi connectivity index (χ4n) is 2.14. The summed E-state index contributed by atoms with van der Waals surface area (Å²) in [7, 11) is 0. The molecule has 22 heavy (non-hydrogen) atoms. The zero-order valence-electron chi connectivity index (χ0n) is 12.9. The molecule has 1 aliphatic rings. The van der Waals surface area contributed by atoms with Crippen molar-refractivity contribution in [3.05, 3.63) is 24.3 Å². The van der Waals surface area contributed by atoms with Gasteiger partial charge in [-0.05, 0) is 38.1 Å². The van der Waals surface area contributed by atoms with Crippen molar-refractivity contribution >= 4 is 17.6 Å². The minimum absolute atomic E-state index is 0.00552. The van der Waals surface area contributed by atoms with Crippen LogP contribution < -0.4 is 15.4 Å². The third-order valence-corrected chi connectivity index (χ3v) is 3.70. The number of nitrogens with one attached hydrogen (secondary N) is 2. The molecule has 0 aromatic heterocycles. The monoisotopic (exact) mass is 306 g/mol. The first-order chi connectivity index (χ1) is 10.6. The number of anilines is 1. The predicted octanol–water partition coefficient (Wildman–Crippen LogP) is 1.42. The van der Waals surface area contributed by atoms with Crippen molar-refractivity contribution in [1.82, 2.24) is 5.32 Å². The highest BCUT2D eigenvalue weighted by atomic mass is 16.6. The van der Waals surface area contributed by atoms with Crippen LogP contribution in [-0.4, -0.2) is 38.2 Å². The molecule has 120 valence electrons. The van der Waals surface area contributed by atoms with E-state index in [9.17, 15) is 9.59 Å². The molecule has 6 heteroatoms. The van der Waals surface area contributed by atoms with Crippen LogP contribution in [0.2, 0.25) is 0 Å². The second-order valence-electron chi connectivity index (χ2n) is 5.32. The van der Waals surface area contributed by atoms with Gasteiger partial charge in [0.05, 0.1) is 6.61 Å². The average Bonchev–Trinajstić information content (AvgIpc) is 2.44. The quantitative estimate of drug-likeness (QED) is 0.745. The Kier molecular flexibility index (Phi) is 5.77. The molecule has 0 radical (unpaired) electrons. The highest BCUT2D eigenvalue weighted by molar-refractivity contribution is 5.92. The van der Waals surface area contributed by atoms with E-state index in [1.165, 1.54) is 0 Å². The summed E-state index contributed by atoms with van der Waals surface area (Å²) < 4.78 is 10.1. The smallest absolute Gasteiger partial charge is 0.344 e. The van der Waals surface area contributed by atoms with Crippen molar-refractivity contribution < 1.29 is 19.1 Å². The highest BCUT2D eigenvalue weighted by Gasteiger charge is 2.28. The summed E-state index contributed by atoms with van der Waals surface area (Å²) in [5.41, 5.74) is 0.658. The third-order valence-electron chi connectivity index (χ3n) is 3.70. The summed E-state index contributed by atoms with van der Waals surface area (Å²) in [4.78, 5) is 23.4. The van der Waals surface area contributed by atoms with Gasteiger partial charge in [0.25, 0.3) is 0 Å². The van der Waals surface area contributed by atoms with Crippen LogP contribution in [0.25, 0.3) is 0 Å². The summed E-state index contributed by atoms with van der Waals surface area (Å²) in [6.07, 6.45) is 0. The van der Waals surface area contributed by atoms with Crippen LogP contribution in [0.5, 0.6) is 5.75 Å². The van der Waals surface area contributed by atoms with E-state index < -0.39 is 5.97 Å². The van der Waals surface area contributed by atoms with Crippen LogP contribution in [0.4, 0.5) is 5.69 Å². The molecular formula is C16H22N2O4. The van der Waals surface area contributed by atoms with E-state index in [0.29, 0.717) is 24.0 Å². The van der Waals surface area contributed by atoms with E-state index in [0.717, 1.165) is 13.1 Å². The molecule has 1 aliphatic heterocycles. The number of rotatable bonds is 7. The largest absolute Gasteiger partial charge is 0.482 e. The van der Waals surface area contributed by atoms with E-state index in [4.69, 9.17) is 9.47 Å². The molecule has 1 heterocycles. The van der Waals surface area contributed by atoms with Crippen molar-refractivity contribution in [3.63, 3.8) is 0 Å². The van der Waals surface area contributed by atoms with Crippen LogP contribution >= 0.6 is 0 Å². The maximum Gasteiger partial charge on any atom is 0.344 e. The minimum Gasteiger partial charge on any atom is -0.482 e. The number of carbonyl (C=O) groups is 2. The Balaban J connectivity index is 1.87. The van der Waals surface area contributed by atoms with E-state index in [1.807, 2.05) is 6.92 Å². The second kappa shape index (κ2) is 7.79. The maximum absolute atomic E-state index is 12.2. The molecular weight excluding hydrogens is 284 g/mol. The van der Waals surface area contributed by atoms with E-state index in [2.05, 4.69) is 10.6 Å². The van der Waals surface area contributed by atoms with Gasteiger partial charge in [-0.15, -0.1) is 0 Å². The lowest BCUT2D eigenvalue weighted by Crippen LogP contribution is -2.48. The SMILES string of the molecule is CCOC(=O)COc1cccc(NC(=O)C(C)C2CNC2)c1. The normalized spacial score (nSPS) is 15.5. The van der Waals surface area contributed by atoms with Crippen LogP contribution in [0, 0.1) is 11.8 Å². The molecule has 0 bridgehead atoms. The Morgan fingerprint density at radius 2 is 2.18 bits per heavy atom. The Hall–Kier alpha value is -2.08. The fraction of sp³-hybridized carbons (Fsp3) is 0.500. The topological polar surface area (TPSA) is 76.7 Å². The Labute approximate surface area is 130 Å². The molecule has 0 saturated carbocycles. The summed E-state index contributed by atoms with van der Waals surface area (Å²) in [6.45, 7) is 5.63. The Bertz CT molecular complexity index is 529. The van der Waals surface area contributed by atoms with Gasteiger partial charge in [-0.25, -0.2) is 4.79 Å². The van der Waals surface area contributed by atoms with Gasteiger partial charge in [-0.2, -0.15) is 0 Å². The van der Waals surface area contributed by atoms with Gasteiger partial charge in [0, 0.05) is 17.7 Å². The van der Waals surface area contributed by atoms with Crippen molar-refractivity contribution in [2.24, 2.45) is 11.8 Å². The van der Waals surface area contributed by atoms with Gasteiger partial charge in [0.1, 0.15) is 5.75 Å². The van der Waals surface area contributed by atoms with Crippen molar-refractivity contribution in [2.75, 3.05) is 31.6 Å². The van der Waals surface area contributed by atoms with Gasteiger partial charge < -0.3 is 20.1 Å². The molecule has 2 rings (SSSR count). The molecule has 1 amide bonds. The first kappa shape index (κ1) is 16.3. The summed E-state index contributed by atoms with van der Waals surface area (Å²) >= 11 is 0. The second-order valence-corrected chi connectivity index (χ2v) is 5.32. The lowest BCUT2D eigenvalue weighted by molar-refractivity contribution is -0.145. The van der Waals surface area contributed by atoms with Crippen LogP contribution in [0.1, 0.15) is 13.8 Å².